The Bertz CT molecular complexity index is 990. The number of hydrogen-bond donors (Lipinski definition) is 0. The van der Waals surface area contributed by atoms with Gasteiger partial charge in [0, 0.05) is 41.3 Å². The molecule has 1 aliphatic carbocycles. The zero-order valence-corrected chi connectivity index (χ0v) is 17.0. The number of ketones is 1. The summed E-state index contributed by atoms with van der Waals surface area (Å²) in [7, 11) is 3.21. The first kappa shape index (κ1) is 19.2. The quantitative estimate of drug-likeness (QED) is 0.768. The van der Waals surface area contributed by atoms with Crippen molar-refractivity contribution in [3.8, 4) is 11.5 Å². The average molecular weight is 391 g/mol. The van der Waals surface area contributed by atoms with E-state index in [1.54, 1.807) is 19.1 Å². The summed E-state index contributed by atoms with van der Waals surface area (Å²) < 4.78 is 10.9. The topological polar surface area (TPSA) is 55.8 Å². The molecular formula is C24H25NO4. The Labute approximate surface area is 170 Å². The summed E-state index contributed by atoms with van der Waals surface area (Å²) in [6.45, 7) is 2.02. The number of allylic oxidation sites excluding steroid dienone is 2. The molecule has 0 saturated heterocycles. The fourth-order valence-corrected chi connectivity index (χ4v) is 4.36. The molecule has 5 heteroatoms. The Kier molecular flexibility index (Phi) is 5.14. The molecule has 2 aliphatic rings. The Morgan fingerprint density at radius 3 is 2.41 bits per heavy atom. The Morgan fingerprint density at radius 2 is 1.72 bits per heavy atom. The monoisotopic (exact) mass is 391 g/mol. The summed E-state index contributed by atoms with van der Waals surface area (Å²) in [5.74, 6) is 1.14. The molecule has 1 heterocycles. The van der Waals surface area contributed by atoms with Crippen LogP contribution in [0.3, 0.4) is 0 Å². The van der Waals surface area contributed by atoms with Crippen molar-refractivity contribution < 1.29 is 19.1 Å². The zero-order chi connectivity index (χ0) is 20.5. The molecule has 1 amide bonds. The Morgan fingerprint density at radius 1 is 0.966 bits per heavy atom. The van der Waals surface area contributed by atoms with Gasteiger partial charge in [-0.05, 0) is 50.1 Å². The van der Waals surface area contributed by atoms with Crippen molar-refractivity contribution in [2.75, 3.05) is 19.1 Å². The fourth-order valence-electron chi connectivity index (χ4n) is 4.36. The molecule has 0 bridgehead atoms. The highest BCUT2D eigenvalue weighted by Gasteiger charge is 2.40. The maximum absolute atomic E-state index is 13.3. The van der Waals surface area contributed by atoms with Crippen LogP contribution in [0.1, 0.15) is 42.7 Å². The number of rotatable bonds is 4. The number of carbonyl (C=O) groups is 2. The summed E-state index contributed by atoms with van der Waals surface area (Å²) in [6.07, 6.45) is 2.21. The van der Waals surface area contributed by atoms with E-state index < -0.39 is 0 Å². The van der Waals surface area contributed by atoms with Crippen LogP contribution in [-0.2, 0) is 9.59 Å². The summed E-state index contributed by atoms with van der Waals surface area (Å²) in [6, 6.07) is 13.4. The number of carbonyl (C=O) groups excluding carboxylic acids is 2. The van der Waals surface area contributed by atoms with Crippen molar-refractivity contribution in [1.82, 2.24) is 0 Å². The molecule has 0 fully saturated rings. The molecule has 5 nitrogen and oxygen atoms in total. The molecular weight excluding hydrogens is 366 g/mol. The second-order valence-electron chi connectivity index (χ2n) is 7.57. The number of benzene rings is 2. The summed E-state index contributed by atoms with van der Waals surface area (Å²) in [5.41, 5.74) is 4.34. The van der Waals surface area contributed by atoms with Gasteiger partial charge in [-0.25, -0.2) is 0 Å². The van der Waals surface area contributed by atoms with Crippen molar-refractivity contribution >= 4 is 17.4 Å². The molecule has 0 aromatic heterocycles. The van der Waals surface area contributed by atoms with Crippen LogP contribution in [0.5, 0.6) is 11.5 Å². The third kappa shape index (κ3) is 3.41. The van der Waals surface area contributed by atoms with Gasteiger partial charge in [-0.3, -0.25) is 14.5 Å². The molecule has 2 aromatic carbocycles. The second kappa shape index (κ2) is 7.74. The lowest BCUT2D eigenvalue weighted by Gasteiger charge is -2.38. The largest absolute Gasteiger partial charge is 0.497 e. The smallest absolute Gasteiger partial charge is 0.232 e. The first-order valence-corrected chi connectivity index (χ1v) is 9.91. The van der Waals surface area contributed by atoms with Crippen LogP contribution in [0.4, 0.5) is 5.69 Å². The molecule has 150 valence electrons. The highest BCUT2D eigenvalue weighted by molar-refractivity contribution is 6.07. The normalized spacial score (nSPS) is 19.3. The number of amides is 1. The van der Waals surface area contributed by atoms with Gasteiger partial charge >= 0.3 is 0 Å². The van der Waals surface area contributed by atoms with Crippen LogP contribution in [0, 0.1) is 6.92 Å². The van der Waals surface area contributed by atoms with Gasteiger partial charge in [0.2, 0.25) is 5.91 Å². The van der Waals surface area contributed by atoms with Crippen LogP contribution >= 0.6 is 0 Å². The third-order valence-corrected chi connectivity index (χ3v) is 5.78. The van der Waals surface area contributed by atoms with E-state index in [-0.39, 0.29) is 24.0 Å². The number of methoxy groups -OCH3 is 2. The van der Waals surface area contributed by atoms with Gasteiger partial charge < -0.3 is 9.47 Å². The highest BCUT2D eigenvalue weighted by atomic mass is 16.5. The maximum atomic E-state index is 13.3. The van der Waals surface area contributed by atoms with Crippen LogP contribution in [-0.4, -0.2) is 25.9 Å². The van der Waals surface area contributed by atoms with E-state index in [1.807, 2.05) is 49.4 Å². The lowest BCUT2D eigenvalue weighted by Crippen LogP contribution is -2.40. The van der Waals surface area contributed by atoms with Crippen molar-refractivity contribution in [1.29, 1.82) is 0 Å². The van der Waals surface area contributed by atoms with Crippen molar-refractivity contribution in [3.05, 3.63) is 64.9 Å². The van der Waals surface area contributed by atoms with E-state index in [2.05, 4.69) is 0 Å². The van der Waals surface area contributed by atoms with Crippen LogP contribution in [0.2, 0.25) is 0 Å². The predicted octanol–water partition coefficient (Wildman–Crippen LogP) is 4.54. The molecule has 0 saturated carbocycles. The van der Waals surface area contributed by atoms with E-state index in [9.17, 15) is 9.59 Å². The highest BCUT2D eigenvalue weighted by Crippen LogP contribution is 2.46. The zero-order valence-electron chi connectivity index (χ0n) is 17.0. The molecule has 0 radical (unpaired) electrons. The van der Waals surface area contributed by atoms with Gasteiger partial charge in [0.15, 0.2) is 5.78 Å². The van der Waals surface area contributed by atoms with E-state index in [4.69, 9.17) is 9.47 Å². The standard InChI is InChI=1S/C24H25NO4/c1-15-7-9-16(10-8-15)25-20-5-4-6-21(26)24(20)19(14-23(25)27)18-13-17(28-2)11-12-22(18)29-3/h7-13,19H,4-6,14H2,1-3H3/t19-/m1/s1. The summed E-state index contributed by atoms with van der Waals surface area (Å²) in [4.78, 5) is 28.1. The van der Waals surface area contributed by atoms with Gasteiger partial charge in [0.1, 0.15) is 11.5 Å². The van der Waals surface area contributed by atoms with Gasteiger partial charge in [-0.1, -0.05) is 17.7 Å². The fraction of sp³-hybridized carbons (Fsp3) is 0.333. The Balaban J connectivity index is 1.88. The SMILES string of the molecule is COc1ccc(OC)c([C@H]2CC(=O)N(c3ccc(C)cc3)C3=C2C(=O)CCC3)c1. The maximum Gasteiger partial charge on any atom is 0.232 e. The third-order valence-electron chi connectivity index (χ3n) is 5.78. The van der Waals surface area contributed by atoms with Crippen LogP contribution < -0.4 is 14.4 Å². The summed E-state index contributed by atoms with van der Waals surface area (Å²) in [5, 5.41) is 0. The lowest BCUT2D eigenvalue weighted by molar-refractivity contribution is -0.119. The van der Waals surface area contributed by atoms with Crippen molar-refractivity contribution in [3.63, 3.8) is 0 Å². The Hall–Kier alpha value is -3.08. The van der Waals surface area contributed by atoms with Crippen LogP contribution in [0.25, 0.3) is 0 Å². The molecule has 0 N–H and O–H groups in total. The minimum absolute atomic E-state index is 0.00261. The number of aryl methyl sites for hydroxylation is 1. The van der Waals surface area contributed by atoms with E-state index in [0.717, 1.165) is 34.5 Å². The molecule has 1 atom stereocenters. The predicted molar refractivity (Wildman–Crippen MR) is 111 cm³/mol. The van der Waals surface area contributed by atoms with E-state index in [1.165, 1.54) is 0 Å². The molecule has 29 heavy (non-hydrogen) atoms. The van der Waals surface area contributed by atoms with E-state index >= 15 is 0 Å². The van der Waals surface area contributed by atoms with E-state index in [0.29, 0.717) is 24.3 Å². The minimum atomic E-state index is -0.322. The number of ether oxygens (including phenoxy) is 2. The lowest BCUT2D eigenvalue weighted by atomic mass is 9.76. The van der Waals surface area contributed by atoms with Gasteiger partial charge in [-0.2, -0.15) is 0 Å². The number of anilines is 1. The number of nitrogens with zero attached hydrogens (tertiary/aromatic N) is 1. The first-order valence-electron chi connectivity index (χ1n) is 9.91. The van der Waals surface area contributed by atoms with Gasteiger partial charge in [0.05, 0.1) is 14.2 Å². The molecule has 0 spiro atoms. The van der Waals surface area contributed by atoms with Crippen molar-refractivity contribution in [2.24, 2.45) is 0 Å². The number of Topliss-reactive ketones (excluding diaryl/α,β-unsaturated/α-hetero) is 1. The van der Waals surface area contributed by atoms with Crippen molar-refractivity contribution in [2.45, 2.75) is 38.5 Å². The van der Waals surface area contributed by atoms with Crippen LogP contribution in [0.15, 0.2) is 53.7 Å². The van der Waals surface area contributed by atoms with Gasteiger partial charge in [-0.15, -0.1) is 0 Å². The molecule has 2 aromatic rings. The molecule has 1 aliphatic heterocycles. The van der Waals surface area contributed by atoms with Gasteiger partial charge in [0.25, 0.3) is 0 Å². The molecule has 0 unspecified atom stereocenters. The minimum Gasteiger partial charge on any atom is -0.497 e. The average Bonchev–Trinajstić information content (AvgIpc) is 2.73. The summed E-state index contributed by atoms with van der Waals surface area (Å²) >= 11 is 0. The first-order chi connectivity index (χ1) is 14.0. The number of hydrogen-bond acceptors (Lipinski definition) is 4. The second-order valence-corrected chi connectivity index (χ2v) is 7.57. The molecule has 4 rings (SSSR count).